The molecule has 0 aliphatic carbocycles. The summed E-state index contributed by atoms with van der Waals surface area (Å²) in [6.07, 6.45) is 1.58. The van der Waals surface area contributed by atoms with Gasteiger partial charge in [0.2, 0.25) is 0 Å². The molecule has 2 N–H and O–H groups in total. The molecule has 0 saturated carbocycles. The molecule has 0 aromatic heterocycles. The number of hydrazone groups is 1. The number of nitrogens with zero attached hydrogens (tertiary/aromatic N) is 1. The fraction of sp³-hybridized carbons (Fsp3) is 0.211. The number of benzene rings is 2. The molecule has 0 spiro atoms. The molecular weight excluding hydrogens is 366 g/mol. The maximum absolute atomic E-state index is 11.1. The molecule has 0 aliphatic heterocycles. The summed E-state index contributed by atoms with van der Waals surface area (Å²) in [6, 6.07) is 12.8. The lowest BCUT2D eigenvalue weighted by Gasteiger charge is -2.09. The van der Waals surface area contributed by atoms with Crippen molar-refractivity contribution >= 4 is 29.5 Å². The SMILES string of the molecule is COc1ccc(CNC(=S)N/N=C\c2ccc(OC(C)=O)c(OC)c2)cc1. The highest BCUT2D eigenvalue weighted by Crippen LogP contribution is 2.27. The molecule has 0 bridgehead atoms. The number of hydrogen-bond donors (Lipinski definition) is 2. The first-order chi connectivity index (χ1) is 13.0. The normalized spacial score (nSPS) is 10.3. The molecule has 0 unspecified atom stereocenters. The first-order valence-corrected chi connectivity index (χ1v) is 8.49. The zero-order valence-electron chi connectivity index (χ0n) is 15.3. The van der Waals surface area contributed by atoms with E-state index < -0.39 is 5.97 Å². The molecule has 0 fully saturated rings. The van der Waals surface area contributed by atoms with Crippen molar-refractivity contribution in [3.8, 4) is 17.2 Å². The summed E-state index contributed by atoms with van der Waals surface area (Å²) < 4.78 is 15.4. The van der Waals surface area contributed by atoms with Crippen LogP contribution in [0, 0.1) is 0 Å². The maximum atomic E-state index is 11.1. The summed E-state index contributed by atoms with van der Waals surface area (Å²) in [5.74, 6) is 1.19. The van der Waals surface area contributed by atoms with Gasteiger partial charge in [-0.05, 0) is 53.7 Å². The predicted molar refractivity (Wildman–Crippen MR) is 107 cm³/mol. The second-order valence-electron chi connectivity index (χ2n) is 5.40. The van der Waals surface area contributed by atoms with Crippen molar-refractivity contribution in [2.45, 2.75) is 13.5 Å². The van der Waals surface area contributed by atoms with E-state index in [0.717, 1.165) is 16.9 Å². The highest BCUT2D eigenvalue weighted by Gasteiger charge is 2.07. The fourth-order valence-electron chi connectivity index (χ4n) is 2.13. The van der Waals surface area contributed by atoms with Crippen molar-refractivity contribution in [1.82, 2.24) is 10.7 Å². The smallest absolute Gasteiger partial charge is 0.308 e. The zero-order valence-corrected chi connectivity index (χ0v) is 16.1. The Balaban J connectivity index is 1.86. The summed E-state index contributed by atoms with van der Waals surface area (Å²) >= 11 is 5.19. The van der Waals surface area contributed by atoms with E-state index in [0.29, 0.717) is 23.2 Å². The van der Waals surface area contributed by atoms with Crippen LogP contribution in [0.4, 0.5) is 0 Å². The Morgan fingerprint density at radius 2 is 1.85 bits per heavy atom. The van der Waals surface area contributed by atoms with Crippen LogP contribution < -0.4 is 25.0 Å². The molecule has 0 saturated heterocycles. The van der Waals surface area contributed by atoms with Crippen molar-refractivity contribution in [3.05, 3.63) is 53.6 Å². The molecule has 0 aliphatic rings. The molecule has 8 heteroatoms. The van der Waals surface area contributed by atoms with Gasteiger partial charge >= 0.3 is 5.97 Å². The third-order valence-electron chi connectivity index (χ3n) is 3.43. The van der Waals surface area contributed by atoms with Crippen LogP contribution in [0.5, 0.6) is 17.2 Å². The molecule has 0 amide bonds. The fourth-order valence-corrected chi connectivity index (χ4v) is 2.26. The molecular formula is C19H21N3O4S. The Morgan fingerprint density at radius 3 is 2.48 bits per heavy atom. The van der Waals surface area contributed by atoms with E-state index in [1.165, 1.54) is 14.0 Å². The Kier molecular flexibility index (Phi) is 7.57. The highest BCUT2D eigenvalue weighted by molar-refractivity contribution is 7.80. The van der Waals surface area contributed by atoms with Crippen LogP contribution in [-0.4, -0.2) is 31.5 Å². The van der Waals surface area contributed by atoms with Crippen LogP contribution >= 0.6 is 12.2 Å². The quantitative estimate of drug-likeness (QED) is 0.248. The minimum absolute atomic E-state index is 0.354. The van der Waals surface area contributed by atoms with Crippen molar-refractivity contribution in [1.29, 1.82) is 0 Å². The number of carbonyl (C=O) groups is 1. The van der Waals surface area contributed by atoms with Crippen molar-refractivity contribution in [3.63, 3.8) is 0 Å². The lowest BCUT2D eigenvalue weighted by molar-refractivity contribution is -0.132. The largest absolute Gasteiger partial charge is 0.497 e. The van der Waals surface area contributed by atoms with Crippen LogP contribution in [0.2, 0.25) is 0 Å². The molecule has 0 heterocycles. The highest BCUT2D eigenvalue weighted by atomic mass is 32.1. The van der Waals surface area contributed by atoms with Gasteiger partial charge < -0.3 is 19.5 Å². The van der Waals surface area contributed by atoms with Crippen molar-refractivity contribution < 1.29 is 19.0 Å². The number of thiocarbonyl (C=S) groups is 1. The number of nitrogens with one attached hydrogen (secondary N) is 2. The Bertz CT molecular complexity index is 822. The monoisotopic (exact) mass is 387 g/mol. The van der Waals surface area contributed by atoms with E-state index in [2.05, 4.69) is 15.8 Å². The van der Waals surface area contributed by atoms with Crippen LogP contribution in [0.15, 0.2) is 47.6 Å². The first kappa shape index (κ1) is 20.2. The average Bonchev–Trinajstić information content (AvgIpc) is 2.67. The minimum Gasteiger partial charge on any atom is -0.497 e. The van der Waals surface area contributed by atoms with Gasteiger partial charge in [-0.15, -0.1) is 0 Å². The first-order valence-electron chi connectivity index (χ1n) is 8.08. The average molecular weight is 387 g/mol. The summed E-state index contributed by atoms with van der Waals surface area (Å²) in [5, 5.41) is 7.54. The third kappa shape index (κ3) is 6.59. The molecule has 142 valence electrons. The Labute approximate surface area is 163 Å². The summed E-state index contributed by atoms with van der Waals surface area (Å²) in [6.45, 7) is 1.90. The van der Waals surface area contributed by atoms with E-state index >= 15 is 0 Å². The zero-order chi connectivity index (χ0) is 19.6. The summed E-state index contributed by atoms with van der Waals surface area (Å²) in [5.41, 5.74) is 4.57. The van der Waals surface area contributed by atoms with E-state index in [9.17, 15) is 4.79 Å². The molecule has 0 radical (unpaired) electrons. The van der Waals surface area contributed by atoms with Gasteiger partial charge in [0.25, 0.3) is 0 Å². The summed E-state index contributed by atoms with van der Waals surface area (Å²) in [4.78, 5) is 11.1. The van der Waals surface area contributed by atoms with Gasteiger partial charge in [0.1, 0.15) is 5.75 Å². The number of carbonyl (C=O) groups excluding carboxylic acids is 1. The molecule has 2 rings (SSSR count). The van der Waals surface area contributed by atoms with Crippen LogP contribution in [0.25, 0.3) is 0 Å². The minimum atomic E-state index is -0.412. The van der Waals surface area contributed by atoms with Crippen molar-refractivity contribution in [2.75, 3.05) is 14.2 Å². The Morgan fingerprint density at radius 1 is 1.11 bits per heavy atom. The van der Waals surface area contributed by atoms with Gasteiger partial charge in [-0.1, -0.05) is 12.1 Å². The van der Waals surface area contributed by atoms with E-state index in [1.807, 2.05) is 24.3 Å². The van der Waals surface area contributed by atoms with Gasteiger partial charge in [-0.3, -0.25) is 10.2 Å². The van der Waals surface area contributed by atoms with Gasteiger partial charge in [0, 0.05) is 13.5 Å². The standard InChI is InChI=1S/C19H21N3O4S/c1-13(23)26-17-9-6-15(10-18(17)25-3)12-21-22-19(27)20-11-14-4-7-16(24-2)8-5-14/h4-10,12H,11H2,1-3H3,(H2,20,22,27)/b21-12-. The lowest BCUT2D eigenvalue weighted by Crippen LogP contribution is -2.31. The van der Waals surface area contributed by atoms with E-state index in [1.54, 1.807) is 31.5 Å². The third-order valence-corrected chi connectivity index (χ3v) is 3.67. The number of esters is 1. The van der Waals surface area contributed by atoms with Gasteiger partial charge in [0.05, 0.1) is 20.4 Å². The second-order valence-corrected chi connectivity index (χ2v) is 5.81. The number of hydrogen-bond acceptors (Lipinski definition) is 6. The van der Waals surface area contributed by atoms with Gasteiger partial charge in [-0.25, -0.2) is 0 Å². The van der Waals surface area contributed by atoms with E-state index in [-0.39, 0.29) is 0 Å². The van der Waals surface area contributed by atoms with Gasteiger partial charge in [-0.2, -0.15) is 5.10 Å². The lowest BCUT2D eigenvalue weighted by atomic mass is 10.2. The van der Waals surface area contributed by atoms with E-state index in [4.69, 9.17) is 26.4 Å². The summed E-state index contributed by atoms with van der Waals surface area (Å²) in [7, 11) is 3.13. The maximum Gasteiger partial charge on any atom is 0.308 e. The number of ether oxygens (including phenoxy) is 3. The topological polar surface area (TPSA) is 81.2 Å². The predicted octanol–water partition coefficient (Wildman–Crippen LogP) is 2.63. The van der Waals surface area contributed by atoms with Crippen LogP contribution in [0.3, 0.4) is 0 Å². The van der Waals surface area contributed by atoms with Crippen LogP contribution in [-0.2, 0) is 11.3 Å². The number of rotatable bonds is 7. The van der Waals surface area contributed by atoms with Gasteiger partial charge in [0.15, 0.2) is 16.6 Å². The molecule has 2 aromatic rings. The van der Waals surface area contributed by atoms with Crippen molar-refractivity contribution in [2.24, 2.45) is 5.10 Å². The Hall–Kier alpha value is -3.13. The molecule has 0 atom stereocenters. The molecule has 7 nitrogen and oxygen atoms in total. The number of methoxy groups -OCH3 is 2. The van der Waals surface area contributed by atoms with Crippen LogP contribution in [0.1, 0.15) is 18.1 Å². The molecule has 27 heavy (non-hydrogen) atoms. The molecule has 2 aromatic carbocycles. The second kappa shape index (κ2) is 10.1.